The number of aliphatic hydroxyl groups excluding tert-OH is 1. The second-order valence-corrected chi connectivity index (χ2v) is 8.56. The third-order valence-corrected chi connectivity index (χ3v) is 6.40. The molecule has 0 amide bonds. The fourth-order valence-corrected chi connectivity index (χ4v) is 4.58. The Kier molecular flexibility index (Phi) is 5.03. The first-order chi connectivity index (χ1) is 16.7. The van der Waals surface area contributed by atoms with Crippen LogP contribution in [0.2, 0.25) is 0 Å². The van der Waals surface area contributed by atoms with Crippen molar-refractivity contribution in [2.45, 2.75) is 6.42 Å². The second kappa shape index (κ2) is 8.35. The first-order valence-electron chi connectivity index (χ1n) is 11.3. The largest absolute Gasteiger partial charge is 0.495 e. The minimum absolute atomic E-state index is 0.215. The van der Waals surface area contributed by atoms with Gasteiger partial charge in [-0.1, -0.05) is 0 Å². The summed E-state index contributed by atoms with van der Waals surface area (Å²) in [6, 6.07) is 10.0. The number of pyridine rings is 1. The van der Waals surface area contributed by atoms with Crippen molar-refractivity contribution < 1.29 is 9.84 Å². The number of methoxy groups -OCH3 is 1. The zero-order chi connectivity index (χ0) is 23.1. The lowest BCUT2D eigenvalue weighted by Gasteiger charge is -2.22. The molecule has 9 heteroatoms. The minimum atomic E-state index is 0.215. The van der Waals surface area contributed by atoms with Gasteiger partial charge in [0, 0.05) is 73.9 Å². The lowest BCUT2D eigenvalue weighted by atomic mass is 10.1. The van der Waals surface area contributed by atoms with Crippen LogP contribution in [0.3, 0.4) is 0 Å². The van der Waals surface area contributed by atoms with Crippen molar-refractivity contribution in [3.8, 4) is 17.0 Å². The SMILES string of the molecule is COc1cc(Nc2nc(-c3cnc4cc[nH]c4c3)cn3ccnc23)ccc1N1CCC(CO)C1. The average molecular weight is 456 g/mol. The fourth-order valence-electron chi connectivity index (χ4n) is 4.58. The van der Waals surface area contributed by atoms with Crippen molar-refractivity contribution in [3.63, 3.8) is 0 Å². The molecule has 1 saturated heterocycles. The third kappa shape index (κ3) is 3.60. The number of aromatic amines is 1. The van der Waals surface area contributed by atoms with Crippen LogP contribution in [0.15, 0.2) is 61.3 Å². The maximum absolute atomic E-state index is 9.49. The van der Waals surface area contributed by atoms with E-state index in [-0.39, 0.29) is 6.61 Å². The van der Waals surface area contributed by atoms with Gasteiger partial charge in [0.2, 0.25) is 0 Å². The molecule has 0 radical (unpaired) electrons. The number of anilines is 3. The van der Waals surface area contributed by atoms with Gasteiger partial charge in [-0.05, 0) is 30.7 Å². The van der Waals surface area contributed by atoms with Crippen molar-refractivity contribution in [2.24, 2.45) is 5.92 Å². The molecular formula is C25H25N7O2. The van der Waals surface area contributed by atoms with E-state index >= 15 is 0 Å². The average Bonchev–Trinajstić information content (AvgIpc) is 3.63. The molecule has 34 heavy (non-hydrogen) atoms. The lowest BCUT2D eigenvalue weighted by molar-refractivity contribution is 0.238. The third-order valence-electron chi connectivity index (χ3n) is 6.40. The molecule has 5 aromatic rings. The van der Waals surface area contributed by atoms with E-state index in [2.05, 4.69) is 31.2 Å². The number of aromatic nitrogens is 5. The Morgan fingerprint density at radius 2 is 2.18 bits per heavy atom. The summed E-state index contributed by atoms with van der Waals surface area (Å²) in [5, 5.41) is 12.9. The van der Waals surface area contributed by atoms with Gasteiger partial charge in [-0.15, -0.1) is 0 Å². The number of fused-ring (bicyclic) bond motifs is 2. The van der Waals surface area contributed by atoms with Crippen molar-refractivity contribution >= 4 is 33.9 Å². The maximum atomic E-state index is 9.49. The van der Waals surface area contributed by atoms with Crippen LogP contribution in [0, 0.1) is 5.92 Å². The molecule has 0 bridgehead atoms. The molecule has 1 aliphatic rings. The normalized spacial score (nSPS) is 15.9. The van der Waals surface area contributed by atoms with E-state index < -0.39 is 0 Å². The summed E-state index contributed by atoms with van der Waals surface area (Å²) in [7, 11) is 1.68. The van der Waals surface area contributed by atoms with E-state index in [1.165, 1.54) is 0 Å². The van der Waals surface area contributed by atoms with Gasteiger partial charge in [-0.25, -0.2) is 9.97 Å². The van der Waals surface area contributed by atoms with Crippen LogP contribution in [0.5, 0.6) is 5.75 Å². The number of imidazole rings is 1. The Morgan fingerprint density at radius 3 is 3.03 bits per heavy atom. The van der Waals surface area contributed by atoms with Crippen LogP contribution >= 0.6 is 0 Å². The molecule has 0 aliphatic carbocycles. The Balaban J connectivity index is 1.35. The molecule has 1 aliphatic heterocycles. The van der Waals surface area contributed by atoms with Crippen LogP contribution < -0.4 is 15.0 Å². The van der Waals surface area contributed by atoms with E-state index in [9.17, 15) is 5.11 Å². The molecule has 3 N–H and O–H groups in total. The molecule has 0 saturated carbocycles. The summed E-state index contributed by atoms with van der Waals surface area (Å²) in [6.45, 7) is 1.95. The molecule has 9 nitrogen and oxygen atoms in total. The van der Waals surface area contributed by atoms with E-state index in [0.29, 0.717) is 11.7 Å². The molecule has 6 rings (SSSR count). The Hall–Kier alpha value is -4.11. The topological polar surface area (TPSA) is 104 Å². The van der Waals surface area contributed by atoms with Gasteiger partial charge in [0.1, 0.15) is 5.75 Å². The summed E-state index contributed by atoms with van der Waals surface area (Å²) in [4.78, 5) is 19.4. The Bertz CT molecular complexity index is 1470. The van der Waals surface area contributed by atoms with Crippen LogP contribution in [0.4, 0.5) is 17.2 Å². The minimum Gasteiger partial charge on any atom is -0.495 e. The molecule has 1 unspecified atom stereocenters. The predicted molar refractivity (Wildman–Crippen MR) is 132 cm³/mol. The first-order valence-corrected chi connectivity index (χ1v) is 11.3. The van der Waals surface area contributed by atoms with Gasteiger partial charge in [-0.2, -0.15) is 0 Å². The molecule has 1 atom stereocenters. The van der Waals surface area contributed by atoms with E-state index in [1.807, 2.05) is 53.5 Å². The zero-order valence-corrected chi connectivity index (χ0v) is 18.8. The highest BCUT2D eigenvalue weighted by atomic mass is 16.5. The first kappa shape index (κ1) is 20.5. The summed E-state index contributed by atoms with van der Waals surface area (Å²) >= 11 is 0. The van der Waals surface area contributed by atoms with Crippen molar-refractivity contribution in [2.75, 3.05) is 37.0 Å². The zero-order valence-electron chi connectivity index (χ0n) is 18.8. The number of nitrogens with one attached hydrogen (secondary N) is 2. The summed E-state index contributed by atoms with van der Waals surface area (Å²) in [5.74, 6) is 1.73. The number of hydrogen-bond donors (Lipinski definition) is 3. The van der Waals surface area contributed by atoms with Crippen LogP contribution in [0.25, 0.3) is 27.9 Å². The molecule has 1 fully saturated rings. The van der Waals surface area contributed by atoms with Gasteiger partial charge >= 0.3 is 0 Å². The predicted octanol–water partition coefficient (Wildman–Crippen LogP) is 3.84. The van der Waals surface area contributed by atoms with Gasteiger partial charge in [0.15, 0.2) is 11.5 Å². The van der Waals surface area contributed by atoms with E-state index in [0.717, 1.165) is 64.6 Å². The maximum Gasteiger partial charge on any atom is 0.180 e. The number of benzene rings is 1. The molecule has 5 heterocycles. The summed E-state index contributed by atoms with van der Waals surface area (Å²) < 4.78 is 7.66. The van der Waals surface area contributed by atoms with Crippen molar-refractivity contribution in [3.05, 3.63) is 61.3 Å². The highest BCUT2D eigenvalue weighted by Crippen LogP contribution is 2.35. The fraction of sp³-hybridized carbons (Fsp3) is 0.240. The van der Waals surface area contributed by atoms with Crippen molar-refractivity contribution in [1.29, 1.82) is 0 Å². The quantitative estimate of drug-likeness (QED) is 0.357. The molecule has 0 spiro atoms. The molecule has 4 aromatic heterocycles. The van der Waals surface area contributed by atoms with E-state index in [4.69, 9.17) is 9.72 Å². The van der Waals surface area contributed by atoms with Crippen molar-refractivity contribution in [1.82, 2.24) is 24.3 Å². The molecular weight excluding hydrogens is 430 g/mol. The number of nitrogens with zero attached hydrogens (tertiary/aromatic N) is 5. The highest BCUT2D eigenvalue weighted by molar-refractivity contribution is 5.81. The van der Waals surface area contributed by atoms with E-state index in [1.54, 1.807) is 13.3 Å². The smallest absolute Gasteiger partial charge is 0.180 e. The van der Waals surface area contributed by atoms with Crippen LogP contribution in [-0.2, 0) is 0 Å². The summed E-state index contributed by atoms with van der Waals surface area (Å²) in [6.07, 6.45) is 10.3. The number of rotatable bonds is 6. The van der Waals surface area contributed by atoms with Gasteiger partial charge < -0.3 is 29.4 Å². The van der Waals surface area contributed by atoms with Crippen LogP contribution in [-0.4, -0.2) is 56.2 Å². The Labute approximate surface area is 196 Å². The number of hydrogen-bond acceptors (Lipinski definition) is 7. The number of ether oxygens (including phenoxy) is 1. The van der Waals surface area contributed by atoms with Gasteiger partial charge in [0.25, 0.3) is 0 Å². The van der Waals surface area contributed by atoms with Gasteiger partial charge in [0.05, 0.1) is 29.5 Å². The summed E-state index contributed by atoms with van der Waals surface area (Å²) in [5.41, 5.74) is 6.19. The monoisotopic (exact) mass is 455 g/mol. The van der Waals surface area contributed by atoms with Crippen LogP contribution in [0.1, 0.15) is 6.42 Å². The number of aliphatic hydroxyl groups is 1. The second-order valence-electron chi connectivity index (χ2n) is 8.56. The molecule has 1 aromatic carbocycles. The number of H-pyrrole nitrogens is 1. The lowest BCUT2D eigenvalue weighted by Crippen LogP contribution is -2.21. The molecule has 172 valence electrons. The standard InChI is InChI=1S/C25H25N7O2/c1-34-23-11-18(2-3-22(23)31-8-5-16(13-31)15-33)29-24-25-27-7-9-32(25)14-21(30-24)17-10-20-19(28-12-17)4-6-26-20/h2-4,6-7,9-12,14,16,26,33H,5,8,13,15H2,1H3,(H,29,30). The Morgan fingerprint density at radius 1 is 1.24 bits per heavy atom. The van der Waals surface area contributed by atoms with Gasteiger partial charge in [-0.3, -0.25) is 4.98 Å². The highest BCUT2D eigenvalue weighted by Gasteiger charge is 2.24.